The lowest BCUT2D eigenvalue weighted by Gasteiger charge is -2.18. The van der Waals surface area contributed by atoms with Gasteiger partial charge in [-0.05, 0) is 20.8 Å². The van der Waals surface area contributed by atoms with Crippen LogP contribution in [0.1, 0.15) is 20.8 Å². The number of rotatable bonds is 3. The molecule has 0 saturated carbocycles. The topological polar surface area (TPSA) is 78.1 Å². The molecule has 0 unspecified atom stereocenters. The summed E-state index contributed by atoms with van der Waals surface area (Å²) in [7, 11) is 0. The third-order valence-corrected chi connectivity index (χ3v) is 3.01. The number of hydrogen-bond donors (Lipinski definition) is 1. The fourth-order valence-electron chi connectivity index (χ4n) is 0.770. The Morgan fingerprint density at radius 3 is 2.67 bits per heavy atom. The van der Waals surface area contributed by atoms with Crippen LogP contribution < -0.4 is 5.73 Å². The number of carbonyl (C=O) groups is 1. The predicted octanol–water partition coefficient (Wildman–Crippen LogP) is 1.55. The summed E-state index contributed by atoms with van der Waals surface area (Å²) < 4.78 is 5.81. The van der Waals surface area contributed by atoms with E-state index in [1.54, 1.807) is 0 Å². The molecule has 0 aromatic carbocycles. The lowest BCUT2D eigenvalue weighted by atomic mass is 10.2. The van der Waals surface area contributed by atoms with Gasteiger partial charge in [-0.25, -0.2) is 0 Å². The van der Waals surface area contributed by atoms with Crippen LogP contribution in [0.15, 0.2) is 4.34 Å². The van der Waals surface area contributed by atoms with Gasteiger partial charge in [0.15, 0.2) is 4.34 Å². The highest BCUT2D eigenvalue weighted by atomic mass is 32.2. The fraction of sp³-hybridized carbons (Fsp3) is 0.625. The smallest absolute Gasteiger partial charge is 0.316 e. The molecule has 0 aliphatic rings. The molecule has 1 aromatic rings. The highest BCUT2D eigenvalue weighted by Crippen LogP contribution is 2.23. The molecular weight excluding hydrogens is 234 g/mol. The first kappa shape index (κ1) is 12.3. The fourth-order valence-corrected chi connectivity index (χ4v) is 2.18. The minimum Gasteiger partial charge on any atom is -0.459 e. The Morgan fingerprint density at radius 2 is 2.20 bits per heavy atom. The number of hydrogen-bond acceptors (Lipinski definition) is 7. The zero-order valence-corrected chi connectivity index (χ0v) is 10.4. The first-order chi connectivity index (χ1) is 6.87. The van der Waals surface area contributed by atoms with Gasteiger partial charge in [-0.1, -0.05) is 23.1 Å². The summed E-state index contributed by atoms with van der Waals surface area (Å²) in [6, 6.07) is 0. The summed E-state index contributed by atoms with van der Waals surface area (Å²) >= 11 is 2.54. The molecule has 15 heavy (non-hydrogen) atoms. The van der Waals surface area contributed by atoms with Crippen molar-refractivity contribution in [2.24, 2.45) is 0 Å². The molecule has 1 aromatic heterocycles. The normalized spacial score (nSPS) is 11.4. The van der Waals surface area contributed by atoms with E-state index < -0.39 is 5.60 Å². The van der Waals surface area contributed by atoms with Gasteiger partial charge in [-0.3, -0.25) is 4.79 Å². The highest BCUT2D eigenvalue weighted by Gasteiger charge is 2.16. The van der Waals surface area contributed by atoms with Gasteiger partial charge in [-0.2, -0.15) is 0 Å². The average Bonchev–Trinajstić information content (AvgIpc) is 2.45. The molecule has 0 aliphatic carbocycles. The van der Waals surface area contributed by atoms with E-state index in [1.165, 1.54) is 23.1 Å². The van der Waals surface area contributed by atoms with Gasteiger partial charge in [-0.15, -0.1) is 10.2 Å². The van der Waals surface area contributed by atoms with Crippen molar-refractivity contribution < 1.29 is 9.53 Å². The Bertz CT molecular complexity index is 346. The number of nitrogens with two attached hydrogens (primary N) is 1. The molecule has 0 fully saturated rings. The van der Waals surface area contributed by atoms with Crippen LogP contribution in [-0.4, -0.2) is 27.5 Å². The van der Waals surface area contributed by atoms with E-state index in [4.69, 9.17) is 10.5 Å². The van der Waals surface area contributed by atoms with E-state index in [-0.39, 0.29) is 11.7 Å². The van der Waals surface area contributed by atoms with Crippen molar-refractivity contribution in [3.05, 3.63) is 0 Å². The number of thioether (sulfide) groups is 1. The van der Waals surface area contributed by atoms with Gasteiger partial charge in [0, 0.05) is 0 Å². The Morgan fingerprint density at radius 1 is 1.53 bits per heavy atom. The molecule has 0 bridgehead atoms. The molecule has 0 saturated heterocycles. The predicted molar refractivity (Wildman–Crippen MR) is 60.9 cm³/mol. The molecule has 0 amide bonds. The first-order valence-electron chi connectivity index (χ1n) is 4.30. The third kappa shape index (κ3) is 4.98. The minimum absolute atomic E-state index is 0.228. The van der Waals surface area contributed by atoms with E-state index in [1.807, 2.05) is 20.8 Å². The second-order valence-corrected chi connectivity index (χ2v) is 6.01. The van der Waals surface area contributed by atoms with Crippen LogP contribution in [0.2, 0.25) is 0 Å². The van der Waals surface area contributed by atoms with E-state index in [0.717, 1.165) is 0 Å². The maximum absolute atomic E-state index is 11.3. The van der Waals surface area contributed by atoms with Gasteiger partial charge < -0.3 is 10.5 Å². The Labute approximate surface area is 96.4 Å². The molecule has 2 N–H and O–H groups in total. The number of ether oxygens (including phenoxy) is 1. The summed E-state index contributed by atoms with van der Waals surface area (Å²) in [6.45, 7) is 5.50. The molecule has 0 radical (unpaired) electrons. The third-order valence-electron chi connectivity index (χ3n) is 1.16. The number of esters is 1. The van der Waals surface area contributed by atoms with Gasteiger partial charge in [0.1, 0.15) is 5.60 Å². The van der Waals surface area contributed by atoms with Crippen molar-refractivity contribution in [2.75, 3.05) is 11.5 Å². The van der Waals surface area contributed by atoms with E-state index >= 15 is 0 Å². The highest BCUT2D eigenvalue weighted by molar-refractivity contribution is 8.01. The van der Waals surface area contributed by atoms with Crippen LogP contribution in [-0.2, 0) is 9.53 Å². The van der Waals surface area contributed by atoms with Gasteiger partial charge in [0.25, 0.3) is 0 Å². The van der Waals surface area contributed by atoms with Crippen molar-refractivity contribution in [3.8, 4) is 0 Å². The Kier molecular flexibility index (Phi) is 3.92. The minimum atomic E-state index is -0.447. The molecule has 5 nitrogen and oxygen atoms in total. The van der Waals surface area contributed by atoms with Crippen LogP contribution in [0.5, 0.6) is 0 Å². The maximum atomic E-state index is 11.3. The summed E-state index contributed by atoms with van der Waals surface area (Å²) in [5.74, 6) is -0.0346. The van der Waals surface area contributed by atoms with Crippen LogP contribution in [0.3, 0.4) is 0 Å². The van der Waals surface area contributed by atoms with Gasteiger partial charge >= 0.3 is 5.97 Å². The van der Waals surface area contributed by atoms with Gasteiger partial charge in [0.2, 0.25) is 5.13 Å². The van der Waals surface area contributed by atoms with E-state index in [2.05, 4.69) is 10.2 Å². The van der Waals surface area contributed by atoms with E-state index in [0.29, 0.717) is 9.47 Å². The summed E-state index contributed by atoms with van der Waals surface area (Å²) in [5.41, 5.74) is 4.96. The number of nitrogens with zero attached hydrogens (tertiary/aromatic N) is 2. The Hall–Kier alpha value is -0.820. The van der Waals surface area contributed by atoms with Crippen molar-refractivity contribution in [1.82, 2.24) is 10.2 Å². The summed E-state index contributed by atoms with van der Waals surface area (Å²) in [4.78, 5) is 11.3. The summed E-state index contributed by atoms with van der Waals surface area (Å²) in [6.07, 6.45) is 0. The van der Waals surface area contributed by atoms with Crippen LogP contribution in [0, 0.1) is 0 Å². The Balaban J connectivity index is 2.35. The lowest BCUT2D eigenvalue weighted by Crippen LogP contribution is -2.24. The maximum Gasteiger partial charge on any atom is 0.316 e. The summed E-state index contributed by atoms with van der Waals surface area (Å²) in [5, 5.41) is 7.83. The molecular formula is C8H13N3O2S2. The average molecular weight is 247 g/mol. The largest absolute Gasteiger partial charge is 0.459 e. The monoisotopic (exact) mass is 247 g/mol. The van der Waals surface area contributed by atoms with Crippen molar-refractivity contribution in [1.29, 1.82) is 0 Å². The molecule has 0 spiro atoms. The lowest BCUT2D eigenvalue weighted by molar-refractivity contribution is -0.151. The molecule has 0 aliphatic heterocycles. The molecule has 84 valence electrons. The van der Waals surface area contributed by atoms with Crippen LogP contribution in [0.25, 0.3) is 0 Å². The molecule has 1 heterocycles. The second kappa shape index (κ2) is 4.80. The van der Waals surface area contributed by atoms with Crippen LogP contribution in [0.4, 0.5) is 5.13 Å². The second-order valence-electron chi connectivity index (χ2n) is 3.78. The number of anilines is 1. The quantitative estimate of drug-likeness (QED) is 0.645. The van der Waals surface area contributed by atoms with Crippen molar-refractivity contribution in [3.63, 3.8) is 0 Å². The zero-order valence-electron chi connectivity index (χ0n) is 8.81. The molecule has 1 rings (SSSR count). The standard InChI is InChI=1S/C8H13N3O2S2/c1-8(2,3)13-5(12)4-14-7-11-10-6(9)15-7/h4H2,1-3H3,(H2,9,10). The SMILES string of the molecule is CC(C)(C)OC(=O)CSc1nnc(N)s1. The van der Waals surface area contributed by atoms with Crippen molar-refractivity contribution >= 4 is 34.2 Å². The van der Waals surface area contributed by atoms with Crippen molar-refractivity contribution in [2.45, 2.75) is 30.7 Å². The number of aromatic nitrogens is 2. The van der Waals surface area contributed by atoms with Gasteiger partial charge in [0.05, 0.1) is 5.75 Å². The number of nitrogen functional groups attached to an aromatic ring is 1. The molecule has 0 atom stereocenters. The molecule has 7 heteroatoms. The number of carbonyl (C=O) groups excluding carboxylic acids is 1. The first-order valence-corrected chi connectivity index (χ1v) is 6.10. The van der Waals surface area contributed by atoms with E-state index in [9.17, 15) is 4.79 Å². The van der Waals surface area contributed by atoms with Crippen LogP contribution >= 0.6 is 23.1 Å². The zero-order chi connectivity index (χ0) is 11.5.